The van der Waals surface area contributed by atoms with Crippen molar-refractivity contribution in [3.63, 3.8) is 0 Å². The van der Waals surface area contributed by atoms with E-state index in [1.807, 2.05) is 30.5 Å². The topological polar surface area (TPSA) is 37.4 Å². The lowest BCUT2D eigenvalue weighted by Crippen LogP contribution is -1.77. The molecule has 3 heteroatoms. The van der Waals surface area contributed by atoms with Crippen LogP contribution in [0, 0.1) is 7.11 Å². The molecule has 2 rings (SSSR count). The van der Waals surface area contributed by atoms with Gasteiger partial charge < -0.3 is 9.82 Å². The highest BCUT2D eigenvalue weighted by molar-refractivity contribution is 5.98. The first-order chi connectivity index (χ1) is 6.42. The Morgan fingerprint density at radius 2 is 2.23 bits per heavy atom. The fourth-order valence-corrected chi connectivity index (χ4v) is 1.29. The molecular formula is C10H9N2O. The van der Waals surface area contributed by atoms with Crippen LogP contribution in [0.4, 0.5) is 0 Å². The van der Waals surface area contributed by atoms with Gasteiger partial charge in [-0.2, -0.15) is 0 Å². The van der Waals surface area contributed by atoms with Gasteiger partial charge in [-0.05, 0) is 6.07 Å². The van der Waals surface area contributed by atoms with Gasteiger partial charge in [0.25, 0.3) is 0 Å². The van der Waals surface area contributed by atoms with E-state index in [2.05, 4.69) is 22.1 Å². The number of hydrogen-bond acceptors (Lipinski definition) is 2. The number of hydrogen-bond donors (Lipinski definition) is 1. The molecule has 0 fully saturated rings. The lowest BCUT2D eigenvalue weighted by molar-refractivity contribution is 0.262. The number of rotatable bonds is 2. The van der Waals surface area contributed by atoms with Gasteiger partial charge in [-0.15, -0.1) is 0 Å². The van der Waals surface area contributed by atoms with E-state index in [9.17, 15) is 0 Å². The number of aromatic nitrogens is 1. The summed E-state index contributed by atoms with van der Waals surface area (Å²) in [5.41, 5.74) is 2.09. The molecule has 1 aromatic heterocycles. The van der Waals surface area contributed by atoms with E-state index >= 15 is 0 Å². The normalized spacial score (nSPS) is 11.2. The van der Waals surface area contributed by atoms with Gasteiger partial charge in [0.15, 0.2) is 7.11 Å². The lowest BCUT2D eigenvalue weighted by atomic mass is 10.2. The van der Waals surface area contributed by atoms with Crippen LogP contribution in [0.2, 0.25) is 0 Å². The maximum absolute atomic E-state index is 4.37. The molecule has 3 nitrogen and oxygen atoms in total. The molecule has 0 spiro atoms. The summed E-state index contributed by atoms with van der Waals surface area (Å²) in [6, 6.07) is 8.00. The minimum Gasteiger partial charge on any atom is -0.392 e. The molecule has 0 bridgehead atoms. The van der Waals surface area contributed by atoms with E-state index in [1.54, 1.807) is 6.21 Å². The van der Waals surface area contributed by atoms with Crippen LogP contribution in [-0.2, 0) is 4.84 Å². The summed E-state index contributed by atoms with van der Waals surface area (Å²) in [5, 5.41) is 4.74. The number of aromatic amines is 1. The van der Waals surface area contributed by atoms with Crippen molar-refractivity contribution >= 4 is 17.1 Å². The second-order valence-electron chi connectivity index (χ2n) is 2.65. The fourth-order valence-electron chi connectivity index (χ4n) is 1.29. The molecule has 0 aliphatic heterocycles. The Labute approximate surface area is 76.0 Å². The number of fused-ring (bicyclic) bond motifs is 1. The number of nitrogens with zero attached hydrogens (tertiary/aromatic N) is 1. The number of benzene rings is 1. The maximum atomic E-state index is 4.37. The van der Waals surface area contributed by atoms with Crippen molar-refractivity contribution in [2.45, 2.75) is 0 Å². The van der Waals surface area contributed by atoms with Crippen LogP contribution in [-0.4, -0.2) is 11.2 Å². The standard InChI is InChI=1S/C10H9N2O/c1-13-12-7-8-6-11-10-5-3-2-4-9(8)10/h2-7,11H,1H2/b12-7+. The molecule has 0 unspecified atom stereocenters. The third-order valence-electron chi connectivity index (χ3n) is 1.89. The molecule has 2 aromatic rings. The first-order valence-corrected chi connectivity index (χ1v) is 3.92. The lowest BCUT2D eigenvalue weighted by Gasteiger charge is -1.89. The first-order valence-electron chi connectivity index (χ1n) is 3.92. The first kappa shape index (κ1) is 7.86. The minimum atomic E-state index is 0.999. The zero-order valence-electron chi connectivity index (χ0n) is 7.03. The smallest absolute Gasteiger partial charge is 0.153 e. The van der Waals surface area contributed by atoms with Crippen LogP contribution in [0.1, 0.15) is 5.56 Å². The van der Waals surface area contributed by atoms with Gasteiger partial charge in [-0.3, -0.25) is 0 Å². The highest BCUT2D eigenvalue weighted by Gasteiger charge is 1.98. The highest BCUT2D eigenvalue weighted by atomic mass is 16.6. The Hall–Kier alpha value is -1.77. The van der Waals surface area contributed by atoms with Gasteiger partial charge in [-0.25, -0.2) is 0 Å². The summed E-state index contributed by atoms with van der Waals surface area (Å²) < 4.78 is 0. The van der Waals surface area contributed by atoms with Crippen LogP contribution >= 0.6 is 0 Å². The average molecular weight is 173 g/mol. The van der Waals surface area contributed by atoms with E-state index in [4.69, 9.17) is 0 Å². The predicted octanol–water partition coefficient (Wildman–Crippen LogP) is 2.31. The van der Waals surface area contributed by atoms with Gasteiger partial charge in [0.1, 0.15) is 0 Å². The van der Waals surface area contributed by atoms with E-state index in [0.29, 0.717) is 0 Å². The Bertz CT molecular complexity index is 431. The summed E-state index contributed by atoms with van der Waals surface area (Å²) in [6.07, 6.45) is 3.51. The van der Waals surface area contributed by atoms with Crippen molar-refractivity contribution < 1.29 is 4.84 Å². The van der Waals surface area contributed by atoms with Gasteiger partial charge in [0.2, 0.25) is 0 Å². The van der Waals surface area contributed by atoms with Crippen molar-refractivity contribution in [3.8, 4) is 0 Å². The number of H-pyrrole nitrogens is 1. The molecule has 0 aliphatic rings. The second-order valence-corrected chi connectivity index (χ2v) is 2.65. The van der Waals surface area contributed by atoms with Crippen LogP contribution < -0.4 is 0 Å². The summed E-state index contributed by atoms with van der Waals surface area (Å²) in [7, 11) is 3.16. The molecule has 0 amide bonds. The van der Waals surface area contributed by atoms with Crippen molar-refractivity contribution in [2.75, 3.05) is 0 Å². The number of para-hydroxylation sites is 1. The zero-order chi connectivity index (χ0) is 9.10. The third-order valence-corrected chi connectivity index (χ3v) is 1.89. The summed E-state index contributed by atoms with van der Waals surface area (Å²) >= 11 is 0. The Morgan fingerprint density at radius 3 is 3.08 bits per heavy atom. The van der Waals surface area contributed by atoms with Crippen molar-refractivity contribution in [3.05, 3.63) is 43.1 Å². The minimum absolute atomic E-state index is 0.999. The second kappa shape index (κ2) is 3.31. The molecule has 0 atom stereocenters. The zero-order valence-corrected chi connectivity index (χ0v) is 7.03. The Balaban J connectivity index is 2.52. The summed E-state index contributed by atoms with van der Waals surface area (Å²) in [6.45, 7) is 0. The van der Waals surface area contributed by atoms with Gasteiger partial charge in [0, 0.05) is 22.7 Å². The molecule has 1 heterocycles. The molecule has 65 valence electrons. The molecular weight excluding hydrogens is 164 g/mol. The quantitative estimate of drug-likeness (QED) is 0.549. The molecule has 0 aliphatic carbocycles. The van der Waals surface area contributed by atoms with Crippen molar-refractivity contribution in [1.29, 1.82) is 0 Å². The van der Waals surface area contributed by atoms with Gasteiger partial charge >= 0.3 is 0 Å². The maximum Gasteiger partial charge on any atom is 0.153 e. The molecule has 0 saturated heterocycles. The van der Waals surface area contributed by atoms with Crippen LogP contribution in [0.25, 0.3) is 10.9 Å². The average Bonchev–Trinajstić information content (AvgIpc) is 2.58. The van der Waals surface area contributed by atoms with Crippen molar-refractivity contribution in [1.82, 2.24) is 4.98 Å². The molecule has 1 N–H and O–H groups in total. The van der Waals surface area contributed by atoms with E-state index in [-0.39, 0.29) is 0 Å². The number of oxime groups is 1. The molecule has 13 heavy (non-hydrogen) atoms. The molecule has 1 aromatic carbocycles. The monoisotopic (exact) mass is 173 g/mol. The molecule has 0 saturated carbocycles. The predicted molar refractivity (Wildman–Crippen MR) is 52.3 cm³/mol. The van der Waals surface area contributed by atoms with Crippen LogP contribution in [0.15, 0.2) is 35.6 Å². The van der Waals surface area contributed by atoms with Crippen molar-refractivity contribution in [2.24, 2.45) is 5.16 Å². The Kier molecular flexibility index (Phi) is 2.00. The Morgan fingerprint density at radius 1 is 1.38 bits per heavy atom. The largest absolute Gasteiger partial charge is 0.392 e. The van der Waals surface area contributed by atoms with Crippen LogP contribution in [0.5, 0.6) is 0 Å². The van der Waals surface area contributed by atoms with Crippen LogP contribution in [0.3, 0.4) is 0 Å². The highest BCUT2D eigenvalue weighted by Crippen LogP contribution is 2.15. The molecule has 1 radical (unpaired) electrons. The van der Waals surface area contributed by atoms with E-state index in [1.165, 1.54) is 0 Å². The third kappa shape index (κ3) is 1.40. The SMILES string of the molecule is [CH2]O/N=C/c1c[nH]c2ccccc12. The van der Waals surface area contributed by atoms with Gasteiger partial charge in [0.05, 0.1) is 6.21 Å². The summed E-state index contributed by atoms with van der Waals surface area (Å²) in [5.74, 6) is 0. The van der Waals surface area contributed by atoms with E-state index < -0.39 is 0 Å². The summed E-state index contributed by atoms with van der Waals surface area (Å²) in [4.78, 5) is 7.50. The number of nitrogens with one attached hydrogen (secondary N) is 1. The van der Waals surface area contributed by atoms with E-state index in [0.717, 1.165) is 16.5 Å². The fraction of sp³-hybridized carbons (Fsp3) is 0. The van der Waals surface area contributed by atoms with Gasteiger partial charge in [-0.1, -0.05) is 23.4 Å².